The van der Waals surface area contributed by atoms with Gasteiger partial charge in [-0.15, -0.1) is 11.3 Å². The van der Waals surface area contributed by atoms with E-state index in [1.54, 1.807) is 25.6 Å². The van der Waals surface area contributed by atoms with E-state index < -0.39 is 0 Å². The lowest BCUT2D eigenvalue weighted by atomic mass is 9.94. The monoisotopic (exact) mass is 431 g/mol. The third kappa shape index (κ3) is 3.76. The van der Waals surface area contributed by atoms with Crippen molar-refractivity contribution in [1.29, 1.82) is 0 Å². The molecule has 5 nitrogen and oxygen atoms in total. The van der Waals surface area contributed by atoms with Gasteiger partial charge in [0.15, 0.2) is 11.5 Å². The Morgan fingerprint density at radius 3 is 2.48 bits per heavy atom. The summed E-state index contributed by atoms with van der Waals surface area (Å²) in [5.74, 6) is 2.34. The summed E-state index contributed by atoms with van der Waals surface area (Å²) in [6.07, 6.45) is 6.23. The minimum absolute atomic E-state index is 0.301. The summed E-state index contributed by atoms with van der Waals surface area (Å²) in [5.41, 5.74) is 2.20. The van der Waals surface area contributed by atoms with Crippen molar-refractivity contribution in [2.45, 2.75) is 45.1 Å². The molecule has 2 heterocycles. The van der Waals surface area contributed by atoms with Crippen LogP contribution in [0.3, 0.4) is 0 Å². The second kappa shape index (κ2) is 8.36. The number of ether oxygens (including phenoxy) is 2. The van der Waals surface area contributed by atoms with E-state index in [9.17, 15) is 0 Å². The first kappa shape index (κ1) is 20.2. The summed E-state index contributed by atoms with van der Waals surface area (Å²) in [5, 5.41) is 1.37. The zero-order chi connectivity index (χ0) is 20.5. The van der Waals surface area contributed by atoms with Gasteiger partial charge >= 0.3 is 0 Å². The number of hydrogen-bond acceptors (Lipinski definition) is 6. The van der Waals surface area contributed by atoms with Crippen LogP contribution >= 0.6 is 22.9 Å². The van der Waals surface area contributed by atoms with Crippen LogP contribution in [0.4, 0.5) is 5.82 Å². The summed E-state index contributed by atoms with van der Waals surface area (Å²) in [7, 11) is 5.45. The van der Waals surface area contributed by atoms with Crippen molar-refractivity contribution in [2.24, 2.45) is 0 Å². The molecule has 0 atom stereocenters. The van der Waals surface area contributed by atoms with Gasteiger partial charge in [-0.25, -0.2) is 4.98 Å². The highest BCUT2D eigenvalue weighted by molar-refractivity contribution is 7.19. The molecular weight excluding hydrogens is 406 g/mol. The van der Waals surface area contributed by atoms with Crippen LogP contribution in [0, 0.1) is 6.92 Å². The average Bonchev–Trinajstić information content (AvgIpc) is 3.08. The fraction of sp³-hybridized carbons (Fsp3) is 0.455. The predicted molar refractivity (Wildman–Crippen MR) is 121 cm³/mol. The Labute approximate surface area is 180 Å². The summed E-state index contributed by atoms with van der Waals surface area (Å²) in [4.78, 5) is 13.6. The first-order chi connectivity index (χ1) is 14.0. The molecular formula is C22H26ClN3O2S. The van der Waals surface area contributed by atoms with E-state index >= 15 is 0 Å². The number of aryl methyl sites for hydroxylation is 1. The number of anilines is 1. The number of aromatic nitrogens is 2. The maximum Gasteiger partial charge on any atom is 0.225 e. The highest BCUT2D eigenvalue weighted by Crippen LogP contribution is 2.44. The lowest BCUT2D eigenvalue weighted by molar-refractivity contribution is 0.355. The van der Waals surface area contributed by atoms with Crippen LogP contribution in [-0.2, 0) is 0 Å². The zero-order valence-electron chi connectivity index (χ0n) is 17.3. The van der Waals surface area contributed by atoms with Crippen LogP contribution < -0.4 is 14.4 Å². The molecule has 1 aliphatic rings. The smallest absolute Gasteiger partial charge is 0.225 e. The van der Waals surface area contributed by atoms with Gasteiger partial charge in [-0.1, -0.05) is 25.3 Å². The van der Waals surface area contributed by atoms with E-state index in [2.05, 4.69) is 34.9 Å². The predicted octanol–water partition coefficient (Wildman–Crippen LogP) is 6.11. The molecule has 0 amide bonds. The SMILES string of the molecule is COc1ccc(-c2c(C)sc3nc(Cl)nc(N(C)C4CCCCC4)c23)cc1OC. The Balaban J connectivity index is 1.90. The summed E-state index contributed by atoms with van der Waals surface area (Å²) in [6, 6.07) is 6.51. The van der Waals surface area contributed by atoms with Gasteiger partial charge in [0.05, 0.1) is 19.6 Å². The van der Waals surface area contributed by atoms with Crippen molar-refractivity contribution in [3.63, 3.8) is 0 Å². The molecule has 0 saturated heterocycles. The summed E-state index contributed by atoms with van der Waals surface area (Å²) < 4.78 is 10.9. The van der Waals surface area contributed by atoms with E-state index in [0.29, 0.717) is 22.8 Å². The largest absolute Gasteiger partial charge is 0.493 e. The van der Waals surface area contributed by atoms with Gasteiger partial charge in [-0.05, 0) is 49.1 Å². The second-order valence-corrected chi connectivity index (χ2v) is 9.04. The number of rotatable bonds is 5. The molecule has 1 aliphatic carbocycles. The second-order valence-electron chi connectivity index (χ2n) is 7.50. The van der Waals surface area contributed by atoms with Gasteiger partial charge in [-0.2, -0.15) is 4.98 Å². The topological polar surface area (TPSA) is 47.5 Å². The Morgan fingerprint density at radius 2 is 1.79 bits per heavy atom. The molecule has 3 aromatic rings. The van der Waals surface area contributed by atoms with E-state index in [4.69, 9.17) is 21.1 Å². The maximum atomic E-state index is 6.32. The molecule has 0 unspecified atom stereocenters. The standard InChI is InChI=1S/C22H26ClN3O2S/c1-13-18(14-10-11-16(27-3)17(12-14)28-4)19-20(24-22(23)25-21(19)29-13)26(2)15-8-6-5-7-9-15/h10-12,15H,5-9H2,1-4H3. The molecule has 2 aromatic heterocycles. The van der Waals surface area contributed by atoms with Gasteiger partial charge < -0.3 is 14.4 Å². The number of thiophene rings is 1. The van der Waals surface area contributed by atoms with Gasteiger partial charge in [0.2, 0.25) is 5.28 Å². The number of fused-ring (bicyclic) bond motifs is 1. The van der Waals surface area contributed by atoms with Gasteiger partial charge in [0.1, 0.15) is 10.6 Å². The van der Waals surface area contributed by atoms with E-state index in [0.717, 1.165) is 27.2 Å². The quantitative estimate of drug-likeness (QED) is 0.456. The molecule has 0 spiro atoms. The van der Waals surface area contributed by atoms with Crippen LogP contribution in [0.1, 0.15) is 37.0 Å². The number of nitrogens with zero attached hydrogens (tertiary/aromatic N) is 3. The first-order valence-electron chi connectivity index (χ1n) is 9.95. The number of halogens is 1. The van der Waals surface area contributed by atoms with Gasteiger partial charge in [0, 0.05) is 23.5 Å². The van der Waals surface area contributed by atoms with Crippen LogP contribution in [0.25, 0.3) is 21.3 Å². The van der Waals surface area contributed by atoms with Crippen molar-refractivity contribution in [3.8, 4) is 22.6 Å². The third-order valence-corrected chi connectivity index (χ3v) is 6.98. The Hall–Kier alpha value is -2.05. The maximum absolute atomic E-state index is 6.32. The van der Waals surface area contributed by atoms with Crippen molar-refractivity contribution in [2.75, 3.05) is 26.2 Å². The van der Waals surface area contributed by atoms with E-state index in [1.165, 1.54) is 37.0 Å². The summed E-state index contributed by atoms with van der Waals surface area (Å²) in [6.45, 7) is 2.12. The van der Waals surface area contributed by atoms with E-state index in [-0.39, 0.29) is 0 Å². The van der Waals surface area contributed by atoms with Crippen molar-refractivity contribution in [3.05, 3.63) is 28.4 Å². The highest BCUT2D eigenvalue weighted by Gasteiger charge is 2.25. The number of benzene rings is 1. The van der Waals surface area contributed by atoms with Crippen molar-refractivity contribution in [1.82, 2.24) is 9.97 Å². The Kier molecular flexibility index (Phi) is 5.83. The third-order valence-electron chi connectivity index (χ3n) is 5.81. The van der Waals surface area contributed by atoms with Gasteiger partial charge in [0.25, 0.3) is 0 Å². The van der Waals surface area contributed by atoms with Gasteiger partial charge in [-0.3, -0.25) is 0 Å². The molecule has 1 fully saturated rings. The zero-order valence-corrected chi connectivity index (χ0v) is 18.9. The minimum Gasteiger partial charge on any atom is -0.493 e. The summed E-state index contributed by atoms with van der Waals surface area (Å²) >= 11 is 7.98. The lowest BCUT2D eigenvalue weighted by Crippen LogP contribution is -2.34. The van der Waals surface area contributed by atoms with E-state index in [1.807, 2.05) is 12.1 Å². The molecule has 0 bridgehead atoms. The molecule has 0 aliphatic heterocycles. The first-order valence-corrected chi connectivity index (χ1v) is 11.1. The lowest BCUT2D eigenvalue weighted by Gasteiger charge is -2.32. The Morgan fingerprint density at radius 1 is 1.07 bits per heavy atom. The normalized spacial score (nSPS) is 14.9. The fourth-order valence-electron chi connectivity index (χ4n) is 4.30. The molecule has 1 aromatic carbocycles. The molecule has 7 heteroatoms. The van der Waals surface area contributed by atoms with Crippen molar-refractivity contribution < 1.29 is 9.47 Å². The van der Waals surface area contributed by atoms with Crippen LogP contribution in [-0.4, -0.2) is 37.3 Å². The minimum atomic E-state index is 0.301. The molecule has 0 radical (unpaired) electrons. The van der Waals surface area contributed by atoms with Crippen LogP contribution in [0.15, 0.2) is 18.2 Å². The molecule has 4 rings (SSSR count). The molecule has 154 valence electrons. The average molecular weight is 432 g/mol. The Bertz CT molecular complexity index is 1030. The molecule has 1 saturated carbocycles. The van der Waals surface area contributed by atoms with Crippen LogP contribution in [0.2, 0.25) is 5.28 Å². The number of methoxy groups -OCH3 is 2. The highest BCUT2D eigenvalue weighted by atomic mass is 35.5. The fourth-order valence-corrected chi connectivity index (χ4v) is 5.56. The van der Waals surface area contributed by atoms with Crippen molar-refractivity contribution >= 4 is 39.0 Å². The van der Waals surface area contributed by atoms with Crippen LogP contribution in [0.5, 0.6) is 11.5 Å². The molecule has 29 heavy (non-hydrogen) atoms. The molecule has 0 N–H and O–H groups in total. The number of hydrogen-bond donors (Lipinski definition) is 0.